The highest BCUT2D eigenvalue weighted by Gasteiger charge is 2.19. The molecule has 0 radical (unpaired) electrons. The van der Waals surface area contributed by atoms with Crippen molar-refractivity contribution < 1.29 is 14.2 Å². The minimum atomic E-state index is 0.175. The Kier molecular flexibility index (Phi) is 4.27. The van der Waals surface area contributed by atoms with Gasteiger partial charge in [0.2, 0.25) is 6.79 Å². The summed E-state index contributed by atoms with van der Waals surface area (Å²) in [5.41, 5.74) is 9.39. The Hall–Kier alpha value is -3.72. The third-order valence-corrected chi connectivity index (χ3v) is 4.30. The second kappa shape index (κ2) is 6.89. The molecule has 0 aliphatic carbocycles. The average molecular weight is 359 g/mol. The van der Waals surface area contributed by atoms with Crippen LogP contribution >= 0.6 is 0 Å². The largest absolute Gasteiger partial charge is 0.493 e. The first-order valence-corrected chi connectivity index (χ1v) is 8.54. The molecular formula is C21H17N3O3. The molecule has 0 unspecified atom stereocenters. The molecule has 0 atom stereocenters. The van der Waals surface area contributed by atoms with E-state index in [2.05, 4.69) is 11.1 Å². The van der Waals surface area contributed by atoms with Crippen molar-refractivity contribution in [3.05, 3.63) is 54.1 Å². The Labute approximate surface area is 156 Å². The molecule has 3 aromatic rings. The smallest absolute Gasteiger partial charge is 0.231 e. The first-order chi connectivity index (χ1) is 13.2. The van der Waals surface area contributed by atoms with Gasteiger partial charge < -0.3 is 19.9 Å². The molecule has 1 aliphatic rings. The van der Waals surface area contributed by atoms with E-state index < -0.39 is 0 Å². The lowest BCUT2D eigenvalue weighted by atomic mass is 9.97. The number of anilines is 1. The molecule has 0 amide bonds. The number of nitriles is 1. The van der Waals surface area contributed by atoms with E-state index in [1.165, 1.54) is 0 Å². The topological polar surface area (TPSA) is 90.4 Å². The fraction of sp³-hybridized carbons (Fsp3) is 0.143. The minimum Gasteiger partial charge on any atom is -0.493 e. The van der Waals surface area contributed by atoms with Crippen LogP contribution in [0.25, 0.3) is 22.4 Å². The molecule has 0 fully saturated rings. The molecule has 2 heterocycles. The van der Waals surface area contributed by atoms with Crippen molar-refractivity contribution in [3.8, 4) is 45.7 Å². The van der Waals surface area contributed by atoms with E-state index >= 15 is 0 Å². The molecule has 6 nitrogen and oxygen atoms in total. The molecule has 6 heteroatoms. The Morgan fingerprint density at radius 2 is 1.93 bits per heavy atom. The van der Waals surface area contributed by atoms with E-state index in [1.54, 1.807) is 0 Å². The zero-order chi connectivity index (χ0) is 18.8. The molecule has 4 rings (SSSR count). The number of benzene rings is 2. The van der Waals surface area contributed by atoms with Crippen LogP contribution in [0.1, 0.15) is 12.5 Å². The number of pyridine rings is 1. The maximum atomic E-state index is 9.62. The second-order valence-corrected chi connectivity index (χ2v) is 5.92. The van der Waals surface area contributed by atoms with Crippen molar-refractivity contribution in [2.24, 2.45) is 0 Å². The van der Waals surface area contributed by atoms with E-state index in [0.717, 1.165) is 11.1 Å². The molecule has 134 valence electrons. The first-order valence-electron chi connectivity index (χ1n) is 8.54. The summed E-state index contributed by atoms with van der Waals surface area (Å²) in [6, 6.07) is 17.2. The molecule has 1 aliphatic heterocycles. The summed E-state index contributed by atoms with van der Waals surface area (Å²) in [6.07, 6.45) is 0. The number of nitrogen functional groups attached to an aromatic ring is 1. The van der Waals surface area contributed by atoms with Gasteiger partial charge in [-0.3, -0.25) is 0 Å². The molecule has 0 saturated heterocycles. The fourth-order valence-corrected chi connectivity index (χ4v) is 3.07. The van der Waals surface area contributed by atoms with E-state index in [1.807, 2.05) is 55.5 Å². The number of nitrogens with two attached hydrogens (primary N) is 1. The summed E-state index contributed by atoms with van der Waals surface area (Å²) in [5.74, 6) is 2.23. The minimum absolute atomic E-state index is 0.175. The SMILES string of the molecule is CCOc1ccccc1-c1cc(-c2ccc3c(c2)OCO3)nc(N)c1C#N. The van der Waals surface area contributed by atoms with Gasteiger partial charge in [-0.25, -0.2) is 4.98 Å². The highest BCUT2D eigenvalue weighted by Crippen LogP contribution is 2.39. The van der Waals surface area contributed by atoms with Gasteiger partial charge in [0.1, 0.15) is 23.2 Å². The van der Waals surface area contributed by atoms with Gasteiger partial charge in [0.05, 0.1) is 12.3 Å². The van der Waals surface area contributed by atoms with Crippen LogP contribution in [0.2, 0.25) is 0 Å². The fourth-order valence-electron chi connectivity index (χ4n) is 3.07. The van der Waals surface area contributed by atoms with Crippen molar-refractivity contribution in [3.63, 3.8) is 0 Å². The lowest BCUT2D eigenvalue weighted by Crippen LogP contribution is -2.01. The average Bonchev–Trinajstić information content (AvgIpc) is 3.16. The van der Waals surface area contributed by atoms with Crippen LogP contribution < -0.4 is 19.9 Å². The predicted molar refractivity (Wildman–Crippen MR) is 102 cm³/mol. The Morgan fingerprint density at radius 3 is 2.74 bits per heavy atom. The molecule has 2 aromatic carbocycles. The van der Waals surface area contributed by atoms with Crippen molar-refractivity contribution in [2.75, 3.05) is 19.1 Å². The van der Waals surface area contributed by atoms with Crippen LogP contribution in [0.4, 0.5) is 5.82 Å². The van der Waals surface area contributed by atoms with Gasteiger partial charge in [-0.05, 0) is 37.3 Å². The highest BCUT2D eigenvalue weighted by atomic mass is 16.7. The molecule has 0 saturated carbocycles. The number of hydrogen-bond acceptors (Lipinski definition) is 6. The zero-order valence-electron chi connectivity index (χ0n) is 14.7. The summed E-state index contributed by atoms with van der Waals surface area (Å²) in [4.78, 5) is 4.42. The zero-order valence-corrected chi connectivity index (χ0v) is 14.7. The lowest BCUT2D eigenvalue weighted by Gasteiger charge is -2.14. The Morgan fingerprint density at radius 1 is 1.11 bits per heavy atom. The molecule has 0 spiro atoms. The first kappa shape index (κ1) is 16.7. The summed E-state index contributed by atoms with van der Waals surface area (Å²) < 4.78 is 16.5. The molecular weight excluding hydrogens is 342 g/mol. The van der Waals surface area contributed by atoms with Crippen LogP contribution in [0, 0.1) is 11.3 Å². The monoisotopic (exact) mass is 359 g/mol. The number of hydrogen-bond donors (Lipinski definition) is 1. The van der Waals surface area contributed by atoms with Crippen molar-refractivity contribution in [1.82, 2.24) is 4.98 Å². The summed E-state index contributed by atoms with van der Waals surface area (Å²) >= 11 is 0. The second-order valence-electron chi connectivity index (χ2n) is 5.92. The van der Waals surface area contributed by atoms with Crippen molar-refractivity contribution in [1.29, 1.82) is 5.26 Å². The van der Waals surface area contributed by atoms with Gasteiger partial charge >= 0.3 is 0 Å². The van der Waals surface area contributed by atoms with E-state index in [9.17, 15) is 5.26 Å². The van der Waals surface area contributed by atoms with Crippen LogP contribution in [0.5, 0.6) is 17.2 Å². The highest BCUT2D eigenvalue weighted by molar-refractivity contribution is 5.83. The standard InChI is InChI=1S/C21H17N3O3/c1-2-25-18-6-4-3-5-14(18)15-10-17(24-21(23)16(15)11-22)13-7-8-19-20(9-13)27-12-26-19/h3-10H,2,12H2,1H3,(H2,23,24). The van der Waals surface area contributed by atoms with Gasteiger partial charge in [0.15, 0.2) is 11.5 Å². The quantitative estimate of drug-likeness (QED) is 0.757. The van der Waals surface area contributed by atoms with Crippen molar-refractivity contribution in [2.45, 2.75) is 6.92 Å². The van der Waals surface area contributed by atoms with Gasteiger partial charge in [0.25, 0.3) is 0 Å². The summed E-state index contributed by atoms with van der Waals surface area (Å²) in [6.45, 7) is 2.64. The van der Waals surface area contributed by atoms with Gasteiger partial charge in [-0.2, -0.15) is 5.26 Å². The number of aromatic nitrogens is 1. The van der Waals surface area contributed by atoms with E-state index in [0.29, 0.717) is 40.7 Å². The van der Waals surface area contributed by atoms with Crippen LogP contribution in [-0.4, -0.2) is 18.4 Å². The maximum absolute atomic E-state index is 9.62. The van der Waals surface area contributed by atoms with Crippen molar-refractivity contribution >= 4 is 5.82 Å². The summed E-state index contributed by atoms with van der Waals surface area (Å²) in [7, 11) is 0. The Balaban J connectivity index is 1.89. The number of rotatable bonds is 4. The maximum Gasteiger partial charge on any atom is 0.231 e. The van der Waals surface area contributed by atoms with Gasteiger partial charge in [-0.1, -0.05) is 18.2 Å². The normalized spacial score (nSPS) is 11.9. The van der Waals surface area contributed by atoms with Crippen LogP contribution in [0.15, 0.2) is 48.5 Å². The number of fused-ring (bicyclic) bond motifs is 1. The van der Waals surface area contributed by atoms with Gasteiger partial charge in [0, 0.05) is 16.7 Å². The Bertz CT molecular complexity index is 1060. The number of para-hydroxylation sites is 1. The number of nitrogens with zero attached hydrogens (tertiary/aromatic N) is 2. The van der Waals surface area contributed by atoms with Crippen LogP contribution in [0.3, 0.4) is 0 Å². The number of ether oxygens (including phenoxy) is 3. The summed E-state index contributed by atoms with van der Waals surface area (Å²) in [5, 5.41) is 9.62. The third-order valence-electron chi connectivity index (χ3n) is 4.30. The molecule has 27 heavy (non-hydrogen) atoms. The predicted octanol–water partition coefficient (Wildman–Crippen LogP) is 4.00. The van der Waals surface area contributed by atoms with E-state index in [-0.39, 0.29) is 12.6 Å². The van der Waals surface area contributed by atoms with Crippen LogP contribution in [-0.2, 0) is 0 Å². The lowest BCUT2D eigenvalue weighted by molar-refractivity contribution is 0.174. The van der Waals surface area contributed by atoms with E-state index in [4.69, 9.17) is 19.9 Å². The molecule has 2 N–H and O–H groups in total. The van der Waals surface area contributed by atoms with Gasteiger partial charge in [-0.15, -0.1) is 0 Å². The molecule has 0 bridgehead atoms. The third kappa shape index (κ3) is 3.00. The molecule has 1 aromatic heterocycles.